The quantitative estimate of drug-likeness (QED) is 0.797. The van der Waals surface area contributed by atoms with Crippen molar-refractivity contribution in [3.63, 3.8) is 0 Å². The highest BCUT2D eigenvalue weighted by atomic mass is 32.1. The summed E-state index contributed by atoms with van der Waals surface area (Å²) in [6, 6.07) is 0.369. The van der Waals surface area contributed by atoms with Crippen LogP contribution in [0.2, 0.25) is 0 Å². The summed E-state index contributed by atoms with van der Waals surface area (Å²) in [5, 5.41) is 14.5. The van der Waals surface area contributed by atoms with Gasteiger partial charge in [0.2, 0.25) is 0 Å². The standard InChI is InChI=1S/C14H25N3OS/c1-4-12(15-5-2)14-17-16-13(19-14)9-10-7-11(8-10)18-6-3/h10-12,15H,4-9H2,1-3H3. The highest BCUT2D eigenvalue weighted by Gasteiger charge is 2.30. The largest absolute Gasteiger partial charge is 0.378 e. The second kappa shape index (κ2) is 7.31. The van der Waals surface area contributed by atoms with E-state index < -0.39 is 0 Å². The first-order valence-electron chi connectivity index (χ1n) is 7.44. The molecule has 1 aromatic heterocycles. The highest BCUT2D eigenvalue weighted by molar-refractivity contribution is 7.11. The first-order valence-corrected chi connectivity index (χ1v) is 8.25. The van der Waals surface area contributed by atoms with Gasteiger partial charge in [0.05, 0.1) is 12.1 Å². The van der Waals surface area contributed by atoms with Crippen molar-refractivity contribution in [2.45, 2.75) is 58.6 Å². The Hall–Kier alpha value is -0.520. The Balaban J connectivity index is 1.81. The predicted molar refractivity (Wildman–Crippen MR) is 78.5 cm³/mol. The fourth-order valence-electron chi connectivity index (χ4n) is 2.60. The van der Waals surface area contributed by atoms with E-state index in [4.69, 9.17) is 4.74 Å². The molecule has 2 rings (SSSR count). The van der Waals surface area contributed by atoms with Gasteiger partial charge in [0.15, 0.2) is 0 Å². The lowest BCUT2D eigenvalue weighted by molar-refractivity contribution is -0.0240. The molecule has 0 bridgehead atoms. The van der Waals surface area contributed by atoms with Gasteiger partial charge in [0.1, 0.15) is 10.0 Å². The van der Waals surface area contributed by atoms with Crippen LogP contribution in [0.3, 0.4) is 0 Å². The van der Waals surface area contributed by atoms with Crippen molar-refractivity contribution in [2.24, 2.45) is 5.92 Å². The molecule has 108 valence electrons. The summed E-state index contributed by atoms with van der Waals surface area (Å²) in [6.07, 6.45) is 5.01. The van der Waals surface area contributed by atoms with E-state index in [0.29, 0.717) is 12.1 Å². The Morgan fingerprint density at radius 1 is 1.32 bits per heavy atom. The van der Waals surface area contributed by atoms with Crippen molar-refractivity contribution >= 4 is 11.3 Å². The number of ether oxygens (including phenoxy) is 1. The zero-order valence-corrected chi connectivity index (χ0v) is 13.0. The van der Waals surface area contributed by atoms with E-state index in [0.717, 1.165) is 36.9 Å². The van der Waals surface area contributed by atoms with Gasteiger partial charge >= 0.3 is 0 Å². The molecule has 0 saturated heterocycles. The van der Waals surface area contributed by atoms with E-state index in [-0.39, 0.29) is 0 Å². The second-order valence-corrected chi connectivity index (χ2v) is 6.27. The summed E-state index contributed by atoms with van der Waals surface area (Å²) < 4.78 is 5.60. The zero-order chi connectivity index (χ0) is 13.7. The number of nitrogens with zero attached hydrogens (tertiary/aromatic N) is 2. The van der Waals surface area contributed by atoms with Gasteiger partial charge in [0.25, 0.3) is 0 Å². The lowest BCUT2D eigenvalue weighted by Gasteiger charge is -2.34. The molecular weight excluding hydrogens is 258 g/mol. The van der Waals surface area contributed by atoms with E-state index in [1.165, 1.54) is 17.8 Å². The van der Waals surface area contributed by atoms with Crippen LogP contribution in [0.4, 0.5) is 0 Å². The van der Waals surface area contributed by atoms with Gasteiger partial charge < -0.3 is 10.1 Å². The van der Waals surface area contributed by atoms with Gasteiger partial charge in [-0.15, -0.1) is 10.2 Å². The van der Waals surface area contributed by atoms with Crippen molar-refractivity contribution in [3.8, 4) is 0 Å². The number of nitrogens with one attached hydrogen (secondary N) is 1. The Bertz CT molecular complexity index is 377. The van der Waals surface area contributed by atoms with Gasteiger partial charge in [-0.05, 0) is 38.6 Å². The van der Waals surface area contributed by atoms with Crippen LogP contribution in [-0.4, -0.2) is 29.5 Å². The topological polar surface area (TPSA) is 47.0 Å². The minimum Gasteiger partial charge on any atom is -0.378 e. The molecule has 1 aliphatic carbocycles. The molecule has 1 aliphatic rings. The molecule has 1 fully saturated rings. The molecule has 0 aromatic carbocycles. The molecule has 4 nitrogen and oxygen atoms in total. The SMILES string of the molecule is CCNC(CC)c1nnc(CC2CC(OCC)C2)s1. The van der Waals surface area contributed by atoms with Crippen molar-refractivity contribution in [2.75, 3.05) is 13.2 Å². The van der Waals surface area contributed by atoms with Crippen LogP contribution in [0.1, 0.15) is 56.1 Å². The molecule has 0 aliphatic heterocycles. The lowest BCUT2D eigenvalue weighted by Crippen LogP contribution is -2.32. The zero-order valence-electron chi connectivity index (χ0n) is 12.2. The molecule has 1 aromatic rings. The summed E-state index contributed by atoms with van der Waals surface area (Å²) in [5.41, 5.74) is 0. The molecule has 1 unspecified atom stereocenters. The lowest BCUT2D eigenvalue weighted by atomic mass is 9.80. The average Bonchev–Trinajstić information content (AvgIpc) is 2.82. The molecule has 1 atom stereocenters. The summed E-state index contributed by atoms with van der Waals surface area (Å²) in [4.78, 5) is 0. The fourth-order valence-corrected chi connectivity index (χ4v) is 3.72. The van der Waals surface area contributed by atoms with Crippen molar-refractivity contribution in [1.29, 1.82) is 0 Å². The molecule has 1 N–H and O–H groups in total. The summed E-state index contributed by atoms with van der Waals surface area (Å²) in [7, 11) is 0. The fraction of sp³-hybridized carbons (Fsp3) is 0.857. The van der Waals surface area contributed by atoms with E-state index in [1.54, 1.807) is 11.3 Å². The summed E-state index contributed by atoms with van der Waals surface area (Å²) in [5.74, 6) is 0.747. The Morgan fingerprint density at radius 3 is 2.74 bits per heavy atom. The predicted octanol–water partition coefficient (Wildman–Crippen LogP) is 2.96. The van der Waals surface area contributed by atoms with Crippen molar-refractivity contribution in [1.82, 2.24) is 15.5 Å². The van der Waals surface area contributed by atoms with Gasteiger partial charge in [-0.3, -0.25) is 0 Å². The third-order valence-electron chi connectivity index (χ3n) is 3.70. The van der Waals surface area contributed by atoms with E-state index >= 15 is 0 Å². The van der Waals surface area contributed by atoms with E-state index in [2.05, 4.69) is 36.3 Å². The third-order valence-corrected chi connectivity index (χ3v) is 4.76. The van der Waals surface area contributed by atoms with Crippen LogP contribution in [0, 0.1) is 5.92 Å². The first kappa shape index (κ1) is 14.9. The van der Waals surface area contributed by atoms with Crippen LogP contribution in [0.25, 0.3) is 0 Å². The van der Waals surface area contributed by atoms with Crippen molar-refractivity contribution < 1.29 is 4.74 Å². The Kier molecular flexibility index (Phi) is 5.73. The molecule has 5 heteroatoms. The van der Waals surface area contributed by atoms with E-state index in [1.807, 2.05) is 0 Å². The van der Waals surface area contributed by atoms with Crippen LogP contribution in [-0.2, 0) is 11.2 Å². The average molecular weight is 283 g/mol. The molecule has 0 radical (unpaired) electrons. The minimum atomic E-state index is 0.369. The van der Waals surface area contributed by atoms with Crippen molar-refractivity contribution in [3.05, 3.63) is 10.0 Å². The molecule has 19 heavy (non-hydrogen) atoms. The molecule has 1 heterocycles. The molecule has 0 spiro atoms. The van der Waals surface area contributed by atoms with Gasteiger partial charge in [-0.1, -0.05) is 25.2 Å². The monoisotopic (exact) mass is 283 g/mol. The maximum atomic E-state index is 5.60. The smallest absolute Gasteiger partial charge is 0.134 e. The maximum Gasteiger partial charge on any atom is 0.134 e. The van der Waals surface area contributed by atoms with E-state index in [9.17, 15) is 0 Å². The molecule has 1 saturated carbocycles. The van der Waals surface area contributed by atoms with Crippen LogP contribution in [0.5, 0.6) is 0 Å². The highest BCUT2D eigenvalue weighted by Crippen LogP contribution is 2.34. The summed E-state index contributed by atoms with van der Waals surface area (Å²) >= 11 is 1.77. The second-order valence-electron chi connectivity index (χ2n) is 5.17. The summed E-state index contributed by atoms with van der Waals surface area (Å²) in [6.45, 7) is 8.20. The Labute approximate surface area is 120 Å². The number of aromatic nitrogens is 2. The van der Waals surface area contributed by atoms with Gasteiger partial charge in [-0.2, -0.15) is 0 Å². The Morgan fingerprint density at radius 2 is 2.11 bits per heavy atom. The van der Waals surface area contributed by atoms with Crippen LogP contribution in [0.15, 0.2) is 0 Å². The minimum absolute atomic E-state index is 0.369. The van der Waals surface area contributed by atoms with Crippen LogP contribution < -0.4 is 5.32 Å². The van der Waals surface area contributed by atoms with Crippen LogP contribution >= 0.6 is 11.3 Å². The number of rotatable bonds is 8. The maximum absolute atomic E-state index is 5.60. The molecule has 0 amide bonds. The van der Waals surface area contributed by atoms with Gasteiger partial charge in [0, 0.05) is 13.0 Å². The third kappa shape index (κ3) is 3.97. The number of hydrogen-bond donors (Lipinski definition) is 1. The molecular formula is C14H25N3OS. The van der Waals surface area contributed by atoms with Gasteiger partial charge in [-0.25, -0.2) is 0 Å². The normalized spacial score (nSPS) is 24.2. The number of hydrogen-bond acceptors (Lipinski definition) is 5. The first-order chi connectivity index (χ1) is 9.26.